The molecule has 4 aromatic rings. The minimum atomic E-state index is -0.707. The maximum Gasteiger partial charge on any atom is 0.268 e. The Morgan fingerprint density at radius 2 is 1.89 bits per heavy atom. The first-order chi connectivity index (χ1) is 17.0. The fourth-order valence-electron chi connectivity index (χ4n) is 3.94. The standard InChI is InChI=1S/C26H26N8O/c1-26(2,16-27)23-12-18(9-11-30-23)21-14-28-15-22(32-21)25-34-33-24(35-25)17-5-7-19(8-6-17)31-13-20-4-3-10-29-20/h5-9,11-12,14-15,20,29,31H,3-4,10,13H2,1-2H3. The third-order valence-electron chi connectivity index (χ3n) is 6.10. The van der Waals surface area contributed by atoms with Crippen LogP contribution in [-0.2, 0) is 5.41 Å². The van der Waals surface area contributed by atoms with Crippen molar-refractivity contribution in [1.29, 1.82) is 5.26 Å². The van der Waals surface area contributed by atoms with Gasteiger partial charge < -0.3 is 15.1 Å². The summed E-state index contributed by atoms with van der Waals surface area (Å²) in [4.78, 5) is 13.3. The summed E-state index contributed by atoms with van der Waals surface area (Å²) in [6.07, 6.45) is 7.37. The average molecular weight is 467 g/mol. The molecule has 5 rings (SSSR count). The molecule has 0 spiro atoms. The van der Waals surface area contributed by atoms with Crippen molar-refractivity contribution in [3.05, 3.63) is 60.7 Å². The van der Waals surface area contributed by atoms with Crippen LogP contribution < -0.4 is 10.6 Å². The van der Waals surface area contributed by atoms with Crippen LogP contribution in [0.4, 0.5) is 5.69 Å². The number of hydrogen-bond donors (Lipinski definition) is 2. The molecule has 35 heavy (non-hydrogen) atoms. The lowest BCUT2D eigenvalue weighted by Crippen LogP contribution is -2.29. The van der Waals surface area contributed by atoms with Crippen LogP contribution in [0, 0.1) is 11.3 Å². The zero-order valence-corrected chi connectivity index (χ0v) is 19.7. The first kappa shape index (κ1) is 22.6. The monoisotopic (exact) mass is 466 g/mol. The fraction of sp³-hybridized carbons (Fsp3) is 0.308. The molecular formula is C26H26N8O. The van der Waals surface area contributed by atoms with Crippen molar-refractivity contribution in [3.63, 3.8) is 0 Å². The van der Waals surface area contributed by atoms with Crippen LogP contribution in [0.3, 0.4) is 0 Å². The third kappa shape index (κ3) is 5.03. The third-order valence-corrected chi connectivity index (χ3v) is 6.10. The Morgan fingerprint density at radius 1 is 1.09 bits per heavy atom. The van der Waals surface area contributed by atoms with Crippen molar-refractivity contribution < 1.29 is 4.42 Å². The quantitative estimate of drug-likeness (QED) is 0.412. The van der Waals surface area contributed by atoms with E-state index in [4.69, 9.17) is 4.42 Å². The number of benzene rings is 1. The zero-order chi connectivity index (χ0) is 24.3. The Hall–Kier alpha value is -4.16. The first-order valence-electron chi connectivity index (χ1n) is 11.6. The van der Waals surface area contributed by atoms with E-state index in [1.807, 2.05) is 50.2 Å². The van der Waals surface area contributed by atoms with Gasteiger partial charge in [0.25, 0.3) is 5.89 Å². The second-order valence-electron chi connectivity index (χ2n) is 9.12. The molecule has 3 aromatic heterocycles. The normalized spacial score (nSPS) is 15.6. The molecule has 1 aromatic carbocycles. The van der Waals surface area contributed by atoms with Crippen molar-refractivity contribution in [2.75, 3.05) is 18.4 Å². The van der Waals surface area contributed by atoms with E-state index < -0.39 is 5.41 Å². The Morgan fingerprint density at radius 3 is 2.66 bits per heavy atom. The van der Waals surface area contributed by atoms with Gasteiger partial charge in [-0.25, -0.2) is 4.98 Å². The molecule has 1 fully saturated rings. The predicted octanol–water partition coefficient (Wildman–Crippen LogP) is 4.22. The zero-order valence-electron chi connectivity index (χ0n) is 19.7. The van der Waals surface area contributed by atoms with Crippen LogP contribution in [0.2, 0.25) is 0 Å². The smallest absolute Gasteiger partial charge is 0.268 e. The SMILES string of the molecule is CC(C)(C#N)c1cc(-c2cncc(-c3nnc(-c4ccc(NCC5CCCN5)cc4)o3)n2)ccn1. The molecule has 0 aliphatic carbocycles. The van der Waals surface area contributed by atoms with Gasteiger partial charge >= 0.3 is 0 Å². The van der Waals surface area contributed by atoms with Crippen molar-refractivity contribution in [1.82, 2.24) is 30.5 Å². The summed E-state index contributed by atoms with van der Waals surface area (Å²) in [7, 11) is 0. The number of aromatic nitrogens is 5. The van der Waals surface area contributed by atoms with Gasteiger partial charge in [0.1, 0.15) is 5.69 Å². The molecule has 2 N–H and O–H groups in total. The predicted molar refractivity (Wildman–Crippen MR) is 132 cm³/mol. The lowest BCUT2D eigenvalue weighted by Gasteiger charge is -2.15. The molecule has 4 heterocycles. The highest BCUT2D eigenvalue weighted by Gasteiger charge is 2.22. The fourth-order valence-corrected chi connectivity index (χ4v) is 3.94. The molecule has 176 valence electrons. The molecule has 1 aliphatic heterocycles. The van der Waals surface area contributed by atoms with Gasteiger partial charge in [0.2, 0.25) is 5.89 Å². The van der Waals surface area contributed by atoms with Crippen LogP contribution >= 0.6 is 0 Å². The second-order valence-corrected chi connectivity index (χ2v) is 9.12. The van der Waals surface area contributed by atoms with Crippen LogP contribution in [0.15, 0.2) is 59.4 Å². The molecule has 0 radical (unpaired) electrons. The van der Waals surface area contributed by atoms with E-state index in [1.54, 1.807) is 18.6 Å². The summed E-state index contributed by atoms with van der Waals surface area (Å²) in [5.41, 5.74) is 3.76. The Balaban J connectivity index is 1.33. The highest BCUT2D eigenvalue weighted by Crippen LogP contribution is 2.27. The van der Waals surface area contributed by atoms with Crippen molar-refractivity contribution >= 4 is 5.69 Å². The molecule has 1 saturated heterocycles. The summed E-state index contributed by atoms with van der Waals surface area (Å²) in [6, 6.07) is 14.4. The molecule has 1 atom stereocenters. The van der Waals surface area contributed by atoms with E-state index in [-0.39, 0.29) is 5.89 Å². The van der Waals surface area contributed by atoms with Gasteiger partial charge in [-0.05, 0) is 69.6 Å². The summed E-state index contributed by atoms with van der Waals surface area (Å²) in [5.74, 6) is 0.702. The molecule has 9 nitrogen and oxygen atoms in total. The number of nitrogens with one attached hydrogen (secondary N) is 2. The van der Waals surface area contributed by atoms with Gasteiger partial charge in [-0.3, -0.25) is 9.97 Å². The molecule has 0 bridgehead atoms. The largest absolute Gasteiger partial charge is 0.415 e. The van der Waals surface area contributed by atoms with Crippen LogP contribution in [-0.4, -0.2) is 44.3 Å². The molecular weight excluding hydrogens is 440 g/mol. The number of rotatable bonds is 7. The number of hydrogen-bond acceptors (Lipinski definition) is 9. The van der Waals surface area contributed by atoms with E-state index in [1.165, 1.54) is 12.8 Å². The molecule has 1 aliphatic rings. The Labute approximate surface area is 203 Å². The second kappa shape index (κ2) is 9.60. The van der Waals surface area contributed by atoms with E-state index in [9.17, 15) is 5.26 Å². The molecule has 0 amide bonds. The Kier molecular flexibility index (Phi) is 6.21. The number of nitriles is 1. The van der Waals surface area contributed by atoms with E-state index in [2.05, 4.69) is 41.9 Å². The minimum absolute atomic E-state index is 0.287. The minimum Gasteiger partial charge on any atom is -0.415 e. The average Bonchev–Trinajstić information content (AvgIpc) is 3.61. The van der Waals surface area contributed by atoms with Gasteiger partial charge in [-0.15, -0.1) is 10.2 Å². The highest BCUT2D eigenvalue weighted by atomic mass is 16.4. The number of nitrogens with zero attached hydrogens (tertiary/aromatic N) is 6. The van der Waals surface area contributed by atoms with Gasteiger partial charge in [0, 0.05) is 35.6 Å². The van der Waals surface area contributed by atoms with Crippen LogP contribution in [0.5, 0.6) is 0 Å². The first-order valence-corrected chi connectivity index (χ1v) is 11.6. The number of pyridine rings is 1. The summed E-state index contributed by atoms with van der Waals surface area (Å²) < 4.78 is 5.91. The van der Waals surface area contributed by atoms with E-state index in [0.29, 0.717) is 29.0 Å². The molecule has 0 saturated carbocycles. The van der Waals surface area contributed by atoms with Crippen LogP contribution in [0.1, 0.15) is 32.4 Å². The van der Waals surface area contributed by atoms with Gasteiger partial charge in [0.05, 0.1) is 35.3 Å². The van der Waals surface area contributed by atoms with Crippen molar-refractivity contribution in [2.45, 2.75) is 38.1 Å². The Bertz CT molecular complexity index is 1350. The summed E-state index contributed by atoms with van der Waals surface area (Å²) >= 11 is 0. The maximum atomic E-state index is 9.43. The van der Waals surface area contributed by atoms with Crippen LogP contribution in [0.25, 0.3) is 34.3 Å². The van der Waals surface area contributed by atoms with Gasteiger partial charge in [0.15, 0.2) is 0 Å². The topological polar surface area (TPSA) is 125 Å². The van der Waals surface area contributed by atoms with Crippen molar-refractivity contribution in [2.24, 2.45) is 0 Å². The summed E-state index contributed by atoms with van der Waals surface area (Å²) in [6.45, 7) is 5.67. The lowest BCUT2D eigenvalue weighted by molar-refractivity contribution is 0.582. The van der Waals surface area contributed by atoms with Gasteiger partial charge in [-0.1, -0.05) is 0 Å². The van der Waals surface area contributed by atoms with Crippen molar-refractivity contribution in [3.8, 4) is 40.4 Å². The highest BCUT2D eigenvalue weighted by molar-refractivity contribution is 5.63. The molecule has 1 unspecified atom stereocenters. The van der Waals surface area contributed by atoms with E-state index in [0.717, 1.165) is 29.9 Å². The lowest BCUT2D eigenvalue weighted by atomic mass is 9.90. The van der Waals surface area contributed by atoms with E-state index >= 15 is 0 Å². The number of anilines is 1. The maximum absolute atomic E-state index is 9.43. The molecule has 9 heteroatoms. The van der Waals surface area contributed by atoms with Gasteiger partial charge in [-0.2, -0.15) is 5.26 Å². The summed E-state index contributed by atoms with van der Waals surface area (Å²) in [5, 5.41) is 24.8.